The van der Waals surface area contributed by atoms with Crippen molar-refractivity contribution in [3.63, 3.8) is 0 Å². The van der Waals surface area contributed by atoms with Crippen LogP contribution in [0.3, 0.4) is 0 Å². The van der Waals surface area contributed by atoms with Gasteiger partial charge in [0.2, 0.25) is 0 Å². The predicted molar refractivity (Wildman–Crippen MR) is 243 cm³/mol. The molecule has 6 heteroatoms. The van der Waals surface area contributed by atoms with Gasteiger partial charge in [0.15, 0.2) is 23.0 Å². The maximum atomic E-state index is 6.30. The molecule has 0 saturated carbocycles. The molecular formula is C53H31N3O2S. The Hall–Kier alpha value is -7.67. The van der Waals surface area contributed by atoms with E-state index in [2.05, 4.69) is 161 Å². The monoisotopic (exact) mass is 773 g/mol. The molecule has 0 aliphatic carbocycles. The highest BCUT2D eigenvalue weighted by atomic mass is 32.1. The van der Waals surface area contributed by atoms with E-state index >= 15 is 0 Å². The summed E-state index contributed by atoms with van der Waals surface area (Å²) in [6, 6.07) is 66.6. The zero-order valence-corrected chi connectivity index (χ0v) is 32.3. The largest absolute Gasteiger partial charge is 0.450 e. The summed E-state index contributed by atoms with van der Waals surface area (Å²) in [5.74, 6) is 3.61. The van der Waals surface area contributed by atoms with Crippen LogP contribution in [0.2, 0.25) is 0 Å². The minimum atomic E-state index is 0.670. The van der Waals surface area contributed by atoms with Crippen LogP contribution in [0.4, 0.5) is 0 Å². The van der Waals surface area contributed by atoms with Gasteiger partial charge in [-0.25, -0.2) is 4.98 Å². The molecule has 1 aliphatic rings. The van der Waals surface area contributed by atoms with E-state index in [1.165, 1.54) is 52.8 Å². The van der Waals surface area contributed by atoms with Crippen molar-refractivity contribution in [3.05, 3.63) is 188 Å². The quantitative estimate of drug-likeness (QED) is 0.179. The summed E-state index contributed by atoms with van der Waals surface area (Å²) in [5, 5.41) is 7.30. The number of pyridine rings is 1. The lowest BCUT2D eigenvalue weighted by atomic mass is 10.0. The molecule has 0 N–H and O–H groups in total. The SMILES string of the molecule is c1ccc(-c2ccc3sc4ccc(-n5c6ccccc6c6ccc7c8ccccc8n(-c8cccc(-c9ccc%10c(c9)Oc9ccccc9O%10)n8)c7c65)cc4c3c2)cc1. The molecule has 1 aliphatic heterocycles. The van der Waals surface area contributed by atoms with Crippen molar-refractivity contribution in [1.29, 1.82) is 0 Å². The number of ether oxygens (including phenoxy) is 2. The van der Waals surface area contributed by atoms with Crippen molar-refractivity contribution in [2.45, 2.75) is 0 Å². The second kappa shape index (κ2) is 12.4. The van der Waals surface area contributed by atoms with Crippen molar-refractivity contribution in [2.24, 2.45) is 0 Å². The van der Waals surface area contributed by atoms with Crippen molar-refractivity contribution in [2.75, 3.05) is 0 Å². The van der Waals surface area contributed by atoms with Gasteiger partial charge in [-0.05, 0) is 96.1 Å². The van der Waals surface area contributed by atoms with E-state index in [1.807, 2.05) is 47.7 Å². The fraction of sp³-hybridized carbons (Fsp3) is 0. The van der Waals surface area contributed by atoms with E-state index < -0.39 is 0 Å². The molecule has 5 nitrogen and oxygen atoms in total. The van der Waals surface area contributed by atoms with E-state index in [-0.39, 0.29) is 0 Å². The number of aromatic nitrogens is 3. The van der Waals surface area contributed by atoms with Gasteiger partial charge in [-0.15, -0.1) is 11.3 Å². The molecule has 13 rings (SSSR count). The normalized spacial score (nSPS) is 12.3. The summed E-state index contributed by atoms with van der Waals surface area (Å²) in [7, 11) is 0. The van der Waals surface area contributed by atoms with E-state index in [0.717, 1.165) is 44.8 Å². The molecule has 0 amide bonds. The molecule has 5 heterocycles. The summed E-state index contributed by atoms with van der Waals surface area (Å²) in [5.41, 5.74) is 9.88. The third-order valence-corrected chi connectivity index (χ3v) is 12.9. The lowest BCUT2D eigenvalue weighted by molar-refractivity contribution is 0.360. The minimum Gasteiger partial charge on any atom is -0.450 e. The van der Waals surface area contributed by atoms with Crippen LogP contribution in [0.25, 0.3) is 97.7 Å². The highest BCUT2D eigenvalue weighted by molar-refractivity contribution is 7.25. The van der Waals surface area contributed by atoms with Crippen LogP contribution in [0.1, 0.15) is 0 Å². The van der Waals surface area contributed by atoms with Gasteiger partial charge in [-0.2, -0.15) is 0 Å². The first-order valence-electron chi connectivity index (χ1n) is 19.8. The lowest BCUT2D eigenvalue weighted by Crippen LogP contribution is -2.02. The molecule has 0 saturated heterocycles. The summed E-state index contributed by atoms with van der Waals surface area (Å²) in [6.07, 6.45) is 0. The first kappa shape index (κ1) is 32.4. The molecule has 8 aromatic carbocycles. The number of hydrogen-bond acceptors (Lipinski definition) is 4. The maximum Gasteiger partial charge on any atom is 0.170 e. The van der Waals surface area contributed by atoms with Crippen LogP contribution >= 0.6 is 11.3 Å². The Kier molecular flexibility index (Phi) is 6.82. The van der Waals surface area contributed by atoms with Crippen LogP contribution in [0.15, 0.2) is 188 Å². The summed E-state index contributed by atoms with van der Waals surface area (Å²) < 4.78 is 19.9. The molecular weight excluding hydrogens is 743 g/mol. The van der Waals surface area contributed by atoms with Gasteiger partial charge in [0.1, 0.15) is 5.82 Å². The van der Waals surface area contributed by atoms with Gasteiger partial charge >= 0.3 is 0 Å². The number of nitrogens with zero attached hydrogens (tertiary/aromatic N) is 3. The molecule has 4 aromatic heterocycles. The second-order valence-corrected chi connectivity index (χ2v) is 16.2. The number of rotatable bonds is 4. The number of benzene rings is 8. The number of thiophene rings is 1. The van der Waals surface area contributed by atoms with E-state index in [9.17, 15) is 0 Å². The number of para-hydroxylation sites is 4. The zero-order valence-electron chi connectivity index (χ0n) is 31.5. The molecule has 0 atom stereocenters. The van der Waals surface area contributed by atoms with Crippen molar-refractivity contribution in [1.82, 2.24) is 14.1 Å². The molecule has 59 heavy (non-hydrogen) atoms. The zero-order chi connectivity index (χ0) is 38.6. The van der Waals surface area contributed by atoms with Crippen molar-refractivity contribution < 1.29 is 9.47 Å². The topological polar surface area (TPSA) is 41.2 Å². The van der Waals surface area contributed by atoms with Crippen molar-refractivity contribution in [3.8, 4) is 56.9 Å². The van der Waals surface area contributed by atoms with Crippen LogP contribution in [0, 0.1) is 0 Å². The Bertz CT molecular complexity index is 3690. The lowest BCUT2D eigenvalue weighted by Gasteiger charge is -2.21. The number of hydrogen-bond donors (Lipinski definition) is 0. The molecule has 0 spiro atoms. The molecule has 0 bridgehead atoms. The van der Waals surface area contributed by atoms with Gasteiger partial charge in [0, 0.05) is 53.0 Å². The number of fused-ring (bicyclic) bond motifs is 12. The summed E-state index contributed by atoms with van der Waals surface area (Å²) in [4.78, 5) is 5.40. The van der Waals surface area contributed by atoms with Crippen LogP contribution < -0.4 is 9.47 Å². The average Bonchev–Trinajstić information content (AvgIpc) is 3.95. The van der Waals surface area contributed by atoms with E-state index in [4.69, 9.17) is 14.5 Å². The maximum absolute atomic E-state index is 6.30. The van der Waals surface area contributed by atoms with Gasteiger partial charge in [0.25, 0.3) is 0 Å². The van der Waals surface area contributed by atoms with Gasteiger partial charge < -0.3 is 14.0 Å². The minimum absolute atomic E-state index is 0.670. The molecule has 276 valence electrons. The molecule has 0 fully saturated rings. The molecule has 12 aromatic rings. The Morgan fingerprint density at radius 2 is 0.983 bits per heavy atom. The second-order valence-electron chi connectivity index (χ2n) is 15.1. The summed E-state index contributed by atoms with van der Waals surface area (Å²) >= 11 is 1.85. The van der Waals surface area contributed by atoms with Crippen LogP contribution in [0.5, 0.6) is 23.0 Å². The van der Waals surface area contributed by atoms with Gasteiger partial charge in [-0.3, -0.25) is 4.57 Å². The predicted octanol–water partition coefficient (Wildman–Crippen LogP) is 14.9. The van der Waals surface area contributed by atoms with E-state index in [0.29, 0.717) is 23.0 Å². The van der Waals surface area contributed by atoms with Gasteiger partial charge in [0.05, 0.1) is 27.8 Å². The Morgan fingerprint density at radius 3 is 1.76 bits per heavy atom. The third kappa shape index (κ3) is 4.87. The standard InChI is InChI=1S/C53H31N3O2S/c1-2-11-32(12-3-1)33-22-27-49-40(29-33)41-31-35(23-28-50(41)59-49)55-43-16-6-4-13-36(43)38-24-25-39-37-14-5-7-17-44(37)56(53(39)52(38)55)51-20-10-15-42(54-51)34-21-26-47-48(30-34)58-46-19-9-8-18-45(46)57-47/h1-31H. The van der Waals surface area contributed by atoms with E-state index in [1.54, 1.807) is 0 Å². The smallest absolute Gasteiger partial charge is 0.170 e. The highest BCUT2D eigenvalue weighted by Crippen LogP contribution is 2.47. The molecule has 0 unspecified atom stereocenters. The Balaban J connectivity index is 1.05. The fourth-order valence-corrected chi connectivity index (χ4v) is 10.2. The van der Waals surface area contributed by atoms with Crippen molar-refractivity contribution >= 4 is 75.1 Å². The first-order valence-corrected chi connectivity index (χ1v) is 20.6. The van der Waals surface area contributed by atoms with Gasteiger partial charge in [-0.1, -0.05) is 103 Å². The summed E-state index contributed by atoms with van der Waals surface area (Å²) in [6.45, 7) is 0. The Morgan fingerprint density at radius 1 is 0.373 bits per heavy atom. The molecule has 0 radical (unpaired) electrons. The fourth-order valence-electron chi connectivity index (χ4n) is 9.12. The Labute approximate surface area is 342 Å². The average molecular weight is 774 g/mol. The van der Waals surface area contributed by atoms with Crippen LogP contribution in [-0.2, 0) is 0 Å². The van der Waals surface area contributed by atoms with Crippen LogP contribution in [-0.4, -0.2) is 14.1 Å². The first-order chi connectivity index (χ1) is 29.2. The highest BCUT2D eigenvalue weighted by Gasteiger charge is 2.23. The third-order valence-electron chi connectivity index (χ3n) is 11.8.